The molecule has 3 aromatic carbocycles. The number of ether oxygens (including phenoxy) is 2. The largest absolute Gasteiger partial charge is 0.493 e. The first kappa shape index (κ1) is 26.7. The number of carbonyl (C=O) groups excluding carboxylic acids is 1. The molecule has 7 nitrogen and oxygen atoms in total. The molecule has 5 rings (SSSR count). The average molecular weight is 548 g/mol. The zero-order chi connectivity index (χ0) is 27.5. The van der Waals surface area contributed by atoms with E-state index in [0.29, 0.717) is 40.5 Å². The molecule has 1 aliphatic heterocycles. The van der Waals surface area contributed by atoms with Gasteiger partial charge in [0.1, 0.15) is 5.82 Å². The number of amides is 1. The van der Waals surface area contributed by atoms with Crippen molar-refractivity contribution in [3.8, 4) is 11.5 Å². The quantitative estimate of drug-likeness (QED) is 0.222. The molecule has 0 bridgehead atoms. The van der Waals surface area contributed by atoms with Crippen molar-refractivity contribution >= 4 is 34.3 Å². The van der Waals surface area contributed by atoms with Gasteiger partial charge in [0.05, 0.1) is 30.9 Å². The van der Waals surface area contributed by atoms with Gasteiger partial charge >= 0.3 is 0 Å². The zero-order valence-corrected chi connectivity index (χ0v) is 23.0. The van der Waals surface area contributed by atoms with Crippen molar-refractivity contribution in [3.05, 3.63) is 88.0 Å². The van der Waals surface area contributed by atoms with Crippen molar-refractivity contribution in [1.29, 1.82) is 0 Å². The number of rotatable bonds is 8. The molecular weight excluding hydrogens is 517 g/mol. The standard InChI is InChI=1S/C30H30FN3O4S/c1-19-8-10-21-17-22(31)11-12-25(21)34(19)28(35)18-39-30-32-24-7-5-4-6-23(24)29(36)33(30)15-14-20-9-13-26(37-2)27(16-20)38-3/h4-7,9,11-13,16-17,19H,8,10,14-15,18H2,1-3H3/t19-/m1/s1. The van der Waals surface area contributed by atoms with Crippen LogP contribution in [0.3, 0.4) is 0 Å². The third-order valence-electron chi connectivity index (χ3n) is 7.07. The van der Waals surface area contributed by atoms with Crippen LogP contribution in [0.2, 0.25) is 0 Å². The Hall–Kier alpha value is -3.85. The van der Waals surface area contributed by atoms with Gasteiger partial charge in [0.2, 0.25) is 5.91 Å². The maximum Gasteiger partial charge on any atom is 0.262 e. The molecule has 0 aliphatic carbocycles. The molecular formula is C30H30FN3O4S. The predicted molar refractivity (Wildman–Crippen MR) is 152 cm³/mol. The molecule has 2 heterocycles. The number of hydrogen-bond donors (Lipinski definition) is 0. The lowest BCUT2D eigenvalue weighted by Crippen LogP contribution is -2.43. The van der Waals surface area contributed by atoms with Gasteiger partial charge in [-0.1, -0.05) is 30.0 Å². The van der Waals surface area contributed by atoms with Gasteiger partial charge in [-0.15, -0.1) is 0 Å². The molecule has 0 saturated heterocycles. The first-order valence-corrected chi connectivity index (χ1v) is 13.8. The number of halogens is 1. The van der Waals surface area contributed by atoms with Crippen LogP contribution >= 0.6 is 11.8 Å². The monoisotopic (exact) mass is 547 g/mol. The number of anilines is 1. The van der Waals surface area contributed by atoms with E-state index in [4.69, 9.17) is 14.5 Å². The number of para-hydroxylation sites is 1. The summed E-state index contributed by atoms with van der Waals surface area (Å²) >= 11 is 1.25. The fourth-order valence-electron chi connectivity index (χ4n) is 5.03. The van der Waals surface area contributed by atoms with Crippen LogP contribution in [0.25, 0.3) is 10.9 Å². The Morgan fingerprint density at radius 2 is 1.87 bits per heavy atom. The molecule has 0 unspecified atom stereocenters. The summed E-state index contributed by atoms with van der Waals surface area (Å²) in [7, 11) is 3.17. The van der Waals surface area contributed by atoms with Crippen molar-refractivity contribution in [2.75, 3.05) is 24.9 Å². The Morgan fingerprint density at radius 1 is 1.08 bits per heavy atom. The number of benzene rings is 3. The molecule has 4 aromatic rings. The molecule has 9 heteroatoms. The summed E-state index contributed by atoms with van der Waals surface area (Å²) < 4.78 is 26.2. The zero-order valence-electron chi connectivity index (χ0n) is 22.1. The summed E-state index contributed by atoms with van der Waals surface area (Å²) in [5, 5.41) is 1.01. The minimum atomic E-state index is -0.302. The van der Waals surface area contributed by atoms with Gasteiger partial charge in [-0.25, -0.2) is 9.37 Å². The normalized spacial score (nSPS) is 14.8. The van der Waals surface area contributed by atoms with E-state index in [-0.39, 0.29) is 29.1 Å². The summed E-state index contributed by atoms with van der Waals surface area (Å²) in [6.07, 6.45) is 2.05. The molecule has 0 N–H and O–H groups in total. The summed E-state index contributed by atoms with van der Waals surface area (Å²) in [6.45, 7) is 2.38. The number of thioether (sulfide) groups is 1. The van der Waals surface area contributed by atoms with Crippen molar-refractivity contribution in [2.24, 2.45) is 0 Å². The van der Waals surface area contributed by atoms with Crippen LogP contribution < -0.4 is 19.9 Å². The van der Waals surface area contributed by atoms with Gasteiger partial charge in [0.15, 0.2) is 16.7 Å². The van der Waals surface area contributed by atoms with Crippen LogP contribution in [0, 0.1) is 5.82 Å². The average Bonchev–Trinajstić information content (AvgIpc) is 2.95. The van der Waals surface area contributed by atoms with Crippen molar-refractivity contribution in [3.63, 3.8) is 0 Å². The highest BCUT2D eigenvalue weighted by Gasteiger charge is 2.29. The number of fused-ring (bicyclic) bond motifs is 2. The SMILES string of the molecule is COc1ccc(CCn2c(SCC(=O)N3c4ccc(F)cc4CC[C@H]3C)nc3ccccc3c2=O)cc1OC. The number of aryl methyl sites for hydroxylation is 2. The van der Waals surface area contributed by atoms with Gasteiger partial charge in [-0.05, 0) is 79.8 Å². The van der Waals surface area contributed by atoms with Crippen LogP contribution in [0.5, 0.6) is 11.5 Å². The highest BCUT2D eigenvalue weighted by atomic mass is 32.2. The Kier molecular flexibility index (Phi) is 7.88. The highest BCUT2D eigenvalue weighted by molar-refractivity contribution is 7.99. The van der Waals surface area contributed by atoms with Crippen LogP contribution in [0.15, 0.2) is 70.6 Å². The number of carbonyl (C=O) groups is 1. The predicted octanol–water partition coefficient (Wildman–Crippen LogP) is 5.26. The third-order valence-corrected chi connectivity index (χ3v) is 8.03. The number of aromatic nitrogens is 2. The fourth-order valence-corrected chi connectivity index (χ4v) is 5.91. The maximum absolute atomic E-state index is 13.8. The number of nitrogens with zero attached hydrogens (tertiary/aromatic N) is 3. The Bertz CT molecular complexity index is 1590. The Labute approximate surface area is 230 Å². The third kappa shape index (κ3) is 5.49. The van der Waals surface area contributed by atoms with Crippen LogP contribution in [0.4, 0.5) is 10.1 Å². The molecule has 39 heavy (non-hydrogen) atoms. The second-order valence-electron chi connectivity index (χ2n) is 9.52. The summed E-state index contributed by atoms with van der Waals surface area (Å²) in [5.41, 5.74) is 3.00. The molecule has 1 aromatic heterocycles. The van der Waals surface area contributed by atoms with E-state index in [1.165, 1.54) is 23.9 Å². The van der Waals surface area contributed by atoms with Gasteiger partial charge in [-0.2, -0.15) is 0 Å². The van der Waals surface area contributed by atoms with Gasteiger partial charge in [0.25, 0.3) is 5.56 Å². The first-order chi connectivity index (χ1) is 18.9. The van der Waals surface area contributed by atoms with Crippen LogP contribution in [-0.4, -0.2) is 41.5 Å². The van der Waals surface area contributed by atoms with E-state index in [9.17, 15) is 14.0 Å². The van der Waals surface area contributed by atoms with E-state index in [2.05, 4.69) is 0 Å². The summed E-state index contributed by atoms with van der Waals surface area (Å²) in [5.74, 6) is 0.951. The molecule has 1 aliphatic rings. The van der Waals surface area contributed by atoms with Gasteiger partial charge < -0.3 is 14.4 Å². The fraction of sp³-hybridized carbons (Fsp3) is 0.300. The minimum Gasteiger partial charge on any atom is -0.493 e. The molecule has 0 radical (unpaired) electrons. The molecule has 0 fully saturated rings. The topological polar surface area (TPSA) is 73.7 Å². The van der Waals surface area contributed by atoms with E-state index in [0.717, 1.165) is 29.7 Å². The van der Waals surface area contributed by atoms with Crippen molar-refractivity contribution < 1.29 is 18.7 Å². The highest BCUT2D eigenvalue weighted by Crippen LogP contribution is 2.32. The Morgan fingerprint density at radius 3 is 2.67 bits per heavy atom. The van der Waals surface area contributed by atoms with Gasteiger partial charge in [0, 0.05) is 18.3 Å². The molecule has 0 saturated carbocycles. The summed E-state index contributed by atoms with van der Waals surface area (Å²) in [4.78, 5) is 33.5. The first-order valence-electron chi connectivity index (χ1n) is 12.8. The lowest BCUT2D eigenvalue weighted by Gasteiger charge is -2.35. The molecule has 202 valence electrons. The molecule has 0 spiro atoms. The second-order valence-corrected chi connectivity index (χ2v) is 10.5. The van der Waals surface area contributed by atoms with E-state index in [1.807, 2.05) is 37.3 Å². The lowest BCUT2D eigenvalue weighted by atomic mass is 9.96. The number of hydrogen-bond acceptors (Lipinski definition) is 6. The smallest absolute Gasteiger partial charge is 0.262 e. The van der Waals surface area contributed by atoms with E-state index in [1.54, 1.807) is 41.9 Å². The van der Waals surface area contributed by atoms with Gasteiger partial charge in [-0.3, -0.25) is 14.2 Å². The molecule has 1 atom stereocenters. The van der Waals surface area contributed by atoms with E-state index >= 15 is 0 Å². The molecule has 1 amide bonds. The van der Waals surface area contributed by atoms with Crippen molar-refractivity contribution in [2.45, 2.75) is 43.9 Å². The summed E-state index contributed by atoms with van der Waals surface area (Å²) in [6, 6.07) is 17.5. The van der Waals surface area contributed by atoms with Crippen LogP contribution in [0.1, 0.15) is 24.5 Å². The Balaban J connectivity index is 1.42. The lowest BCUT2D eigenvalue weighted by molar-refractivity contribution is -0.116. The number of methoxy groups -OCH3 is 2. The van der Waals surface area contributed by atoms with Crippen molar-refractivity contribution in [1.82, 2.24) is 9.55 Å². The van der Waals surface area contributed by atoms with Crippen LogP contribution in [-0.2, 0) is 24.2 Å². The van der Waals surface area contributed by atoms with E-state index < -0.39 is 0 Å². The minimum absolute atomic E-state index is 0.00660. The maximum atomic E-state index is 13.8. The second kappa shape index (κ2) is 11.5.